The summed E-state index contributed by atoms with van der Waals surface area (Å²) in [5.41, 5.74) is 0. The van der Waals surface area contributed by atoms with Gasteiger partial charge in [0.2, 0.25) is 5.91 Å². The zero-order valence-corrected chi connectivity index (χ0v) is 10.2. The number of halogens is 1. The van der Waals surface area contributed by atoms with Gasteiger partial charge in [-0.3, -0.25) is 4.79 Å². The van der Waals surface area contributed by atoms with E-state index in [4.69, 9.17) is 5.11 Å². The normalized spacial score (nSPS) is 21.2. The molecule has 0 radical (unpaired) electrons. The summed E-state index contributed by atoms with van der Waals surface area (Å²) < 4.78 is 33.4. The summed E-state index contributed by atoms with van der Waals surface area (Å²) in [7, 11) is -4.51. The molecule has 1 rings (SSSR count). The first-order chi connectivity index (χ1) is 7.92. The average Bonchev–Trinajstić information content (AvgIpc) is 2.51. The minimum atomic E-state index is -4.51. The van der Waals surface area contributed by atoms with E-state index in [1.807, 2.05) is 0 Å². The van der Waals surface area contributed by atoms with Gasteiger partial charge in [0.1, 0.15) is 0 Å². The molecule has 0 saturated carbocycles. The lowest BCUT2D eigenvalue weighted by molar-refractivity contribution is -0.127. The van der Waals surface area contributed by atoms with Crippen molar-refractivity contribution in [2.24, 2.45) is 5.92 Å². The second-order valence-corrected chi connectivity index (χ2v) is 5.50. The van der Waals surface area contributed by atoms with E-state index in [2.05, 4.69) is 5.32 Å². The molecule has 1 aliphatic heterocycles. The van der Waals surface area contributed by atoms with Gasteiger partial charge < -0.3 is 15.3 Å². The predicted octanol–water partition coefficient (Wildman–Crippen LogP) is -1.28. The van der Waals surface area contributed by atoms with Crippen LogP contribution in [0, 0.1) is 5.92 Å². The Balaban J connectivity index is 2.32. The Hall–Kier alpha value is -0.730. The topological polar surface area (TPSA) is 86.7 Å². The molecule has 2 N–H and O–H groups in total. The summed E-state index contributed by atoms with van der Waals surface area (Å²) in [4.78, 5) is 13.0. The summed E-state index contributed by atoms with van der Waals surface area (Å²) >= 11 is 0. The summed E-state index contributed by atoms with van der Waals surface area (Å²) in [6.07, 6.45) is 0.0865. The first-order valence-electron chi connectivity index (χ1n) is 5.44. The van der Waals surface area contributed by atoms with Crippen molar-refractivity contribution < 1.29 is 22.2 Å². The highest BCUT2D eigenvalue weighted by atomic mass is 32.3. The van der Waals surface area contributed by atoms with Crippen molar-refractivity contribution >= 4 is 16.1 Å². The second-order valence-electron chi connectivity index (χ2n) is 4.09. The molecule has 0 bridgehead atoms. The van der Waals surface area contributed by atoms with Gasteiger partial charge in [-0.05, 0) is 0 Å². The predicted molar refractivity (Wildman–Crippen MR) is 59.5 cm³/mol. The lowest BCUT2D eigenvalue weighted by Gasteiger charge is -2.16. The zero-order valence-electron chi connectivity index (χ0n) is 9.43. The molecule has 0 aliphatic carbocycles. The molecule has 1 heterocycles. The molecule has 1 unspecified atom stereocenters. The Morgan fingerprint density at radius 2 is 2.18 bits per heavy atom. The molecule has 0 aromatic carbocycles. The number of likely N-dealkylation sites (tertiary alicyclic amines) is 1. The van der Waals surface area contributed by atoms with Gasteiger partial charge in [-0.25, -0.2) is 0 Å². The number of nitrogens with zero attached hydrogens (tertiary/aromatic N) is 1. The van der Waals surface area contributed by atoms with Crippen LogP contribution in [0.25, 0.3) is 0 Å². The van der Waals surface area contributed by atoms with Gasteiger partial charge in [-0.2, -0.15) is 8.42 Å². The number of amides is 1. The maximum atomic E-state index is 12.4. The number of hydrogen-bond acceptors (Lipinski definition) is 5. The van der Waals surface area contributed by atoms with Crippen LogP contribution < -0.4 is 5.32 Å². The molecule has 17 heavy (non-hydrogen) atoms. The van der Waals surface area contributed by atoms with Crippen molar-refractivity contribution in [1.29, 1.82) is 0 Å². The lowest BCUT2D eigenvalue weighted by Crippen LogP contribution is -2.34. The molecule has 1 atom stereocenters. The molecule has 0 spiro atoms. The first-order valence-corrected chi connectivity index (χ1v) is 6.99. The molecule has 100 valence electrons. The summed E-state index contributed by atoms with van der Waals surface area (Å²) in [6, 6.07) is 0. The summed E-state index contributed by atoms with van der Waals surface area (Å²) in [5, 5.41) is 11.4. The smallest absolute Gasteiger partial charge is 0.302 e. The Bertz CT molecular complexity index is 360. The van der Waals surface area contributed by atoms with Crippen LogP contribution in [0.15, 0.2) is 0 Å². The third kappa shape index (κ3) is 5.42. The molecule has 6 nitrogen and oxygen atoms in total. The van der Waals surface area contributed by atoms with Gasteiger partial charge in [-0.15, -0.1) is 3.89 Å². The number of carbonyl (C=O) groups is 1. The molecule has 0 aromatic heterocycles. The SMILES string of the molecule is O=C1CC(CS(=O)(=O)F)CN1CCNCCO. The quantitative estimate of drug-likeness (QED) is 0.443. The highest BCUT2D eigenvalue weighted by Gasteiger charge is 2.32. The number of carbonyl (C=O) groups excluding carboxylic acids is 1. The van der Waals surface area contributed by atoms with Crippen LogP contribution in [-0.4, -0.2) is 62.9 Å². The van der Waals surface area contributed by atoms with Crippen molar-refractivity contribution in [1.82, 2.24) is 10.2 Å². The molecular weight excluding hydrogens is 251 g/mol. The Morgan fingerprint density at radius 1 is 1.47 bits per heavy atom. The lowest BCUT2D eigenvalue weighted by atomic mass is 10.1. The van der Waals surface area contributed by atoms with E-state index in [0.29, 0.717) is 19.6 Å². The minimum Gasteiger partial charge on any atom is -0.395 e. The van der Waals surface area contributed by atoms with Crippen molar-refractivity contribution in [2.45, 2.75) is 6.42 Å². The minimum absolute atomic E-state index is 0.0245. The summed E-state index contributed by atoms with van der Waals surface area (Å²) in [6.45, 7) is 1.73. The van der Waals surface area contributed by atoms with Gasteiger partial charge in [0.05, 0.1) is 12.4 Å². The van der Waals surface area contributed by atoms with Crippen LogP contribution in [0.1, 0.15) is 6.42 Å². The van der Waals surface area contributed by atoms with Crippen molar-refractivity contribution in [3.63, 3.8) is 0 Å². The largest absolute Gasteiger partial charge is 0.395 e. The van der Waals surface area contributed by atoms with E-state index in [0.717, 1.165) is 0 Å². The van der Waals surface area contributed by atoms with Gasteiger partial charge in [0.25, 0.3) is 0 Å². The molecule has 1 fully saturated rings. The highest BCUT2D eigenvalue weighted by Crippen LogP contribution is 2.19. The van der Waals surface area contributed by atoms with Gasteiger partial charge in [0, 0.05) is 38.5 Å². The molecule has 1 aliphatic rings. The highest BCUT2D eigenvalue weighted by molar-refractivity contribution is 7.86. The third-order valence-corrected chi connectivity index (χ3v) is 3.45. The third-order valence-electron chi connectivity index (χ3n) is 2.58. The van der Waals surface area contributed by atoms with E-state index in [1.54, 1.807) is 0 Å². The maximum absolute atomic E-state index is 12.4. The van der Waals surface area contributed by atoms with E-state index in [9.17, 15) is 17.1 Å². The van der Waals surface area contributed by atoms with E-state index in [-0.39, 0.29) is 25.5 Å². The maximum Gasteiger partial charge on any atom is 0.302 e. The van der Waals surface area contributed by atoms with Crippen LogP contribution in [0.4, 0.5) is 3.89 Å². The Morgan fingerprint density at radius 3 is 2.76 bits per heavy atom. The molecule has 0 aromatic rings. The number of aliphatic hydroxyl groups excluding tert-OH is 1. The average molecular weight is 268 g/mol. The fourth-order valence-electron chi connectivity index (χ4n) is 1.88. The van der Waals surface area contributed by atoms with Crippen LogP contribution in [0.3, 0.4) is 0 Å². The summed E-state index contributed by atoms with van der Waals surface area (Å²) in [5.74, 6) is -1.18. The first kappa shape index (κ1) is 14.3. The molecule has 8 heteroatoms. The van der Waals surface area contributed by atoms with Crippen LogP contribution >= 0.6 is 0 Å². The molecule has 1 saturated heterocycles. The van der Waals surface area contributed by atoms with Crippen LogP contribution in [0.5, 0.6) is 0 Å². The number of rotatable bonds is 7. The number of nitrogens with one attached hydrogen (secondary N) is 1. The van der Waals surface area contributed by atoms with Gasteiger partial charge >= 0.3 is 10.2 Å². The van der Waals surface area contributed by atoms with E-state index >= 15 is 0 Å². The van der Waals surface area contributed by atoms with Crippen molar-refractivity contribution in [3.8, 4) is 0 Å². The Kier molecular flexibility index (Phi) is 5.29. The Labute approximate surface area is 100 Å². The fourth-order valence-corrected chi connectivity index (χ4v) is 2.67. The second kappa shape index (κ2) is 6.27. The van der Waals surface area contributed by atoms with Gasteiger partial charge in [-0.1, -0.05) is 0 Å². The van der Waals surface area contributed by atoms with Crippen LogP contribution in [0.2, 0.25) is 0 Å². The van der Waals surface area contributed by atoms with Crippen molar-refractivity contribution in [2.75, 3.05) is 38.5 Å². The number of aliphatic hydroxyl groups is 1. The standard InChI is InChI=1S/C9H17FN2O4S/c10-17(15,16)7-8-5-9(14)12(6-8)3-1-11-2-4-13/h8,11,13H,1-7H2. The van der Waals surface area contributed by atoms with Gasteiger partial charge in [0.15, 0.2) is 0 Å². The monoisotopic (exact) mass is 268 g/mol. The van der Waals surface area contributed by atoms with E-state index in [1.165, 1.54) is 4.90 Å². The molecular formula is C9H17FN2O4S. The van der Waals surface area contributed by atoms with E-state index < -0.39 is 21.9 Å². The fraction of sp³-hybridized carbons (Fsp3) is 0.889. The number of hydrogen-bond donors (Lipinski definition) is 2. The zero-order chi connectivity index (χ0) is 12.9. The van der Waals surface area contributed by atoms with Crippen molar-refractivity contribution in [3.05, 3.63) is 0 Å². The molecule has 1 amide bonds. The van der Waals surface area contributed by atoms with Crippen LogP contribution in [-0.2, 0) is 15.0 Å².